The number of carboxylic acid groups (broad SMARTS) is 1. The van der Waals surface area contributed by atoms with Crippen LogP contribution in [-0.4, -0.2) is 18.2 Å². The second-order valence-electron chi connectivity index (χ2n) is 4.11. The SMILES string of the molecule is COc1ccccc1Sc1ccc(/C=C/C(=O)O)c(Cl)c1. The Morgan fingerprint density at radius 3 is 2.71 bits per heavy atom. The number of para-hydroxylation sites is 1. The number of halogens is 1. The van der Waals surface area contributed by atoms with Gasteiger partial charge in [0.15, 0.2) is 0 Å². The standard InChI is InChI=1S/C16H13ClO3S/c1-20-14-4-2-3-5-15(14)21-12-8-6-11(13(17)10-12)7-9-16(18)19/h2-10H,1H3,(H,18,19)/b9-7+. The predicted octanol–water partition coefficient (Wildman–Crippen LogP) is 4.60. The number of carboxylic acids is 1. The molecule has 2 aromatic carbocycles. The molecular weight excluding hydrogens is 308 g/mol. The zero-order valence-corrected chi connectivity index (χ0v) is 12.8. The van der Waals surface area contributed by atoms with Gasteiger partial charge in [0.2, 0.25) is 0 Å². The summed E-state index contributed by atoms with van der Waals surface area (Å²) in [5.74, 6) is -0.202. The van der Waals surface area contributed by atoms with Gasteiger partial charge in [0.1, 0.15) is 5.75 Å². The lowest BCUT2D eigenvalue weighted by Gasteiger charge is -2.08. The van der Waals surface area contributed by atoms with E-state index in [2.05, 4.69) is 0 Å². The molecule has 0 aromatic heterocycles. The molecule has 3 nitrogen and oxygen atoms in total. The summed E-state index contributed by atoms with van der Waals surface area (Å²) in [4.78, 5) is 12.5. The molecule has 0 radical (unpaired) electrons. The van der Waals surface area contributed by atoms with Crippen molar-refractivity contribution in [3.63, 3.8) is 0 Å². The number of carbonyl (C=O) groups is 1. The van der Waals surface area contributed by atoms with Crippen LogP contribution < -0.4 is 4.74 Å². The predicted molar refractivity (Wildman–Crippen MR) is 85.2 cm³/mol. The smallest absolute Gasteiger partial charge is 0.328 e. The van der Waals surface area contributed by atoms with E-state index in [-0.39, 0.29) is 0 Å². The van der Waals surface area contributed by atoms with Crippen LogP contribution in [0.2, 0.25) is 5.02 Å². The van der Waals surface area contributed by atoms with Crippen LogP contribution in [0.1, 0.15) is 5.56 Å². The maximum atomic E-state index is 10.5. The third kappa shape index (κ3) is 4.28. The number of hydrogen-bond donors (Lipinski definition) is 1. The molecule has 2 rings (SSSR count). The second kappa shape index (κ2) is 7.20. The van der Waals surface area contributed by atoms with E-state index in [1.54, 1.807) is 19.2 Å². The van der Waals surface area contributed by atoms with Crippen molar-refractivity contribution < 1.29 is 14.6 Å². The molecule has 2 aromatic rings. The Kier molecular flexibility index (Phi) is 5.31. The summed E-state index contributed by atoms with van der Waals surface area (Å²) >= 11 is 7.70. The van der Waals surface area contributed by atoms with Gasteiger partial charge >= 0.3 is 5.97 Å². The minimum absolute atomic E-state index is 0.507. The molecule has 0 saturated heterocycles. The average Bonchev–Trinajstić information content (AvgIpc) is 2.47. The lowest BCUT2D eigenvalue weighted by atomic mass is 10.2. The molecule has 1 N–H and O–H groups in total. The number of hydrogen-bond acceptors (Lipinski definition) is 3. The van der Waals surface area contributed by atoms with E-state index in [1.165, 1.54) is 17.8 Å². The summed E-state index contributed by atoms with van der Waals surface area (Å²) in [5.41, 5.74) is 0.670. The Morgan fingerprint density at radius 1 is 1.29 bits per heavy atom. The molecule has 0 fully saturated rings. The van der Waals surface area contributed by atoms with Crippen LogP contribution in [0.15, 0.2) is 58.3 Å². The molecule has 108 valence electrons. The third-order valence-electron chi connectivity index (χ3n) is 2.67. The maximum Gasteiger partial charge on any atom is 0.328 e. The van der Waals surface area contributed by atoms with Crippen molar-refractivity contribution in [2.75, 3.05) is 7.11 Å². The number of aliphatic carboxylic acids is 1. The van der Waals surface area contributed by atoms with Crippen molar-refractivity contribution in [3.05, 3.63) is 59.1 Å². The first-order valence-corrected chi connectivity index (χ1v) is 7.31. The van der Waals surface area contributed by atoms with E-state index in [0.29, 0.717) is 10.6 Å². The molecule has 0 spiro atoms. The molecule has 0 bridgehead atoms. The zero-order chi connectivity index (χ0) is 15.2. The highest BCUT2D eigenvalue weighted by Gasteiger charge is 2.06. The lowest BCUT2D eigenvalue weighted by molar-refractivity contribution is -0.131. The van der Waals surface area contributed by atoms with Crippen molar-refractivity contribution >= 4 is 35.4 Å². The highest BCUT2D eigenvalue weighted by atomic mass is 35.5. The molecule has 0 amide bonds. The van der Waals surface area contributed by atoms with E-state index in [0.717, 1.165) is 21.6 Å². The molecule has 0 heterocycles. The molecule has 0 unspecified atom stereocenters. The third-order valence-corrected chi connectivity index (χ3v) is 4.05. The maximum absolute atomic E-state index is 10.5. The fraction of sp³-hybridized carbons (Fsp3) is 0.0625. The Bertz CT molecular complexity index is 683. The highest BCUT2D eigenvalue weighted by molar-refractivity contribution is 7.99. The van der Waals surface area contributed by atoms with E-state index >= 15 is 0 Å². The van der Waals surface area contributed by atoms with Gasteiger partial charge in [-0.05, 0) is 35.9 Å². The minimum Gasteiger partial charge on any atom is -0.496 e. The Balaban J connectivity index is 2.22. The van der Waals surface area contributed by atoms with Gasteiger partial charge in [-0.15, -0.1) is 0 Å². The number of benzene rings is 2. The van der Waals surface area contributed by atoms with E-state index in [1.807, 2.05) is 30.3 Å². The van der Waals surface area contributed by atoms with Crippen LogP contribution in [0.4, 0.5) is 0 Å². The number of methoxy groups -OCH3 is 1. The fourth-order valence-electron chi connectivity index (χ4n) is 1.70. The van der Waals surface area contributed by atoms with Crippen LogP contribution in [-0.2, 0) is 4.79 Å². The highest BCUT2D eigenvalue weighted by Crippen LogP contribution is 2.36. The molecule has 0 saturated carbocycles. The molecule has 0 aliphatic carbocycles. The monoisotopic (exact) mass is 320 g/mol. The summed E-state index contributed by atoms with van der Waals surface area (Å²) < 4.78 is 5.31. The number of ether oxygens (including phenoxy) is 1. The van der Waals surface area contributed by atoms with Crippen LogP contribution in [0.25, 0.3) is 6.08 Å². The molecule has 0 atom stereocenters. The van der Waals surface area contributed by atoms with Gasteiger partial charge in [0.25, 0.3) is 0 Å². The van der Waals surface area contributed by atoms with Crippen LogP contribution in [0.3, 0.4) is 0 Å². The van der Waals surface area contributed by atoms with Gasteiger partial charge in [-0.25, -0.2) is 4.79 Å². The zero-order valence-electron chi connectivity index (χ0n) is 11.2. The van der Waals surface area contributed by atoms with Crippen molar-refractivity contribution in [3.8, 4) is 5.75 Å². The number of rotatable bonds is 5. The second-order valence-corrected chi connectivity index (χ2v) is 5.63. The van der Waals surface area contributed by atoms with Gasteiger partial charge in [-0.3, -0.25) is 0 Å². The molecule has 5 heteroatoms. The van der Waals surface area contributed by atoms with Gasteiger partial charge in [-0.2, -0.15) is 0 Å². The van der Waals surface area contributed by atoms with Gasteiger partial charge < -0.3 is 9.84 Å². The summed E-state index contributed by atoms with van der Waals surface area (Å²) in [6, 6.07) is 13.2. The van der Waals surface area contributed by atoms with Crippen LogP contribution >= 0.6 is 23.4 Å². The van der Waals surface area contributed by atoms with Crippen molar-refractivity contribution in [2.45, 2.75) is 9.79 Å². The van der Waals surface area contributed by atoms with Gasteiger partial charge in [0.05, 0.1) is 12.0 Å². The molecule has 0 aliphatic heterocycles. The first-order chi connectivity index (χ1) is 10.1. The summed E-state index contributed by atoms with van der Waals surface area (Å²) in [6.07, 6.45) is 2.54. The van der Waals surface area contributed by atoms with Crippen LogP contribution in [0, 0.1) is 0 Å². The Labute approximate surface area is 132 Å². The van der Waals surface area contributed by atoms with Crippen LogP contribution in [0.5, 0.6) is 5.75 Å². The van der Waals surface area contributed by atoms with E-state index in [9.17, 15) is 4.79 Å². The normalized spacial score (nSPS) is 10.8. The largest absolute Gasteiger partial charge is 0.496 e. The van der Waals surface area contributed by atoms with E-state index in [4.69, 9.17) is 21.4 Å². The van der Waals surface area contributed by atoms with Crippen molar-refractivity contribution in [1.82, 2.24) is 0 Å². The minimum atomic E-state index is -1.00. The summed E-state index contributed by atoms with van der Waals surface area (Å²) in [5, 5.41) is 9.13. The average molecular weight is 321 g/mol. The summed E-state index contributed by atoms with van der Waals surface area (Å²) in [6.45, 7) is 0. The summed E-state index contributed by atoms with van der Waals surface area (Å²) in [7, 11) is 1.63. The quantitative estimate of drug-likeness (QED) is 0.818. The molecular formula is C16H13ClO3S. The Morgan fingerprint density at radius 2 is 2.05 bits per heavy atom. The molecule has 0 aliphatic rings. The lowest BCUT2D eigenvalue weighted by Crippen LogP contribution is -1.87. The van der Waals surface area contributed by atoms with Crippen molar-refractivity contribution in [2.24, 2.45) is 0 Å². The van der Waals surface area contributed by atoms with Crippen molar-refractivity contribution in [1.29, 1.82) is 0 Å². The Hall–Kier alpha value is -1.91. The first-order valence-electron chi connectivity index (χ1n) is 6.11. The van der Waals surface area contributed by atoms with E-state index < -0.39 is 5.97 Å². The fourth-order valence-corrected chi connectivity index (χ4v) is 2.97. The first kappa shape index (κ1) is 15.5. The topological polar surface area (TPSA) is 46.5 Å². The molecule has 21 heavy (non-hydrogen) atoms. The van der Waals surface area contributed by atoms with Gasteiger partial charge in [0, 0.05) is 16.0 Å². The van der Waals surface area contributed by atoms with Gasteiger partial charge in [-0.1, -0.05) is 41.6 Å².